The van der Waals surface area contributed by atoms with Crippen LogP contribution < -0.4 is 32.3 Å². The number of anilines is 2. The number of rotatable bonds is 13. The van der Waals surface area contributed by atoms with Crippen LogP contribution in [-0.4, -0.2) is 90.5 Å². The highest BCUT2D eigenvalue weighted by Crippen LogP contribution is 2.29. The third-order valence-corrected chi connectivity index (χ3v) is 7.83. The Bertz CT molecular complexity index is 1470. The van der Waals surface area contributed by atoms with Gasteiger partial charge in [-0.2, -0.15) is 0 Å². The quantitative estimate of drug-likeness (QED) is 0.179. The fraction of sp³-hybridized carbons (Fsp3) is 0.438. The van der Waals surface area contributed by atoms with Crippen LogP contribution in [0, 0.1) is 5.92 Å². The van der Waals surface area contributed by atoms with Crippen LogP contribution in [0.5, 0.6) is 0 Å². The Balaban J connectivity index is 1.38. The van der Waals surface area contributed by atoms with Gasteiger partial charge in [-0.25, -0.2) is 14.8 Å². The number of carboxylic acid groups (broad SMARTS) is 1. The lowest BCUT2D eigenvalue weighted by atomic mass is 9.96. The minimum atomic E-state index is -1.10. The number of carbonyl (C=O) groups is 4. The number of carbonyl (C=O) groups excluding carboxylic acids is 3. The van der Waals surface area contributed by atoms with Crippen LogP contribution in [0.15, 0.2) is 47.1 Å². The van der Waals surface area contributed by atoms with Gasteiger partial charge in [-0.05, 0) is 56.0 Å². The minimum Gasteiger partial charge on any atom is -0.465 e. The van der Waals surface area contributed by atoms with Crippen molar-refractivity contribution in [3.05, 3.63) is 53.2 Å². The molecule has 0 atom stereocenters. The molecule has 1 fully saturated rings. The van der Waals surface area contributed by atoms with Crippen LogP contribution >= 0.6 is 0 Å². The van der Waals surface area contributed by atoms with Crippen LogP contribution in [0.25, 0.3) is 6.08 Å². The summed E-state index contributed by atoms with van der Waals surface area (Å²) >= 11 is 0. The van der Waals surface area contributed by atoms with Gasteiger partial charge in [-0.15, -0.1) is 0 Å². The van der Waals surface area contributed by atoms with Crippen molar-refractivity contribution in [2.24, 2.45) is 22.4 Å². The lowest BCUT2D eigenvalue weighted by Crippen LogP contribution is -2.42. The van der Waals surface area contributed by atoms with Crippen LogP contribution in [0.4, 0.5) is 22.0 Å². The lowest BCUT2D eigenvalue weighted by molar-refractivity contribution is -0.127. The molecule has 0 aliphatic carbocycles. The van der Waals surface area contributed by atoms with E-state index in [4.69, 9.17) is 16.6 Å². The average molecular weight is 634 g/mol. The highest BCUT2D eigenvalue weighted by Gasteiger charge is 2.26. The van der Waals surface area contributed by atoms with Gasteiger partial charge in [0.1, 0.15) is 11.7 Å². The van der Waals surface area contributed by atoms with Crippen molar-refractivity contribution < 1.29 is 24.3 Å². The number of nitrogens with zero attached hydrogens (tertiary/aromatic N) is 4. The third-order valence-electron chi connectivity index (χ3n) is 7.83. The maximum atomic E-state index is 13.4. The molecule has 46 heavy (non-hydrogen) atoms. The number of hydrogen-bond acceptors (Lipinski definition) is 9. The molecule has 246 valence electrons. The van der Waals surface area contributed by atoms with E-state index in [1.54, 1.807) is 41.4 Å². The van der Waals surface area contributed by atoms with Gasteiger partial charge in [0.15, 0.2) is 0 Å². The monoisotopic (exact) mass is 633 g/mol. The first kappa shape index (κ1) is 33.9. The molecule has 8 N–H and O–H groups in total. The number of pyridine rings is 1. The largest absolute Gasteiger partial charge is 0.465 e. The van der Waals surface area contributed by atoms with E-state index in [1.165, 1.54) is 0 Å². The first-order chi connectivity index (χ1) is 22.2. The van der Waals surface area contributed by atoms with E-state index >= 15 is 0 Å². The number of hydrogen-bond donors (Lipinski definition) is 6. The molecule has 14 nitrogen and oxygen atoms in total. The molecule has 0 saturated carbocycles. The molecular weight excluding hydrogens is 590 g/mol. The number of amidine groups is 1. The Morgan fingerprint density at radius 2 is 1.85 bits per heavy atom. The van der Waals surface area contributed by atoms with Crippen molar-refractivity contribution in [3.63, 3.8) is 0 Å². The van der Waals surface area contributed by atoms with E-state index in [0.717, 1.165) is 25.1 Å². The summed E-state index contributed by atoms with van der Waals surface area (Å²) in [6.45, 7) is 5.46. The predicted molar refractivity (Wildman–Crippen MR) is 177 cm³/mol. The van der Waals surface area contributed by atoms with E-state index in [9.17, 15) is 19.2 Å². The highest BCUT2D eigenvalue weighted by atomic mass is 16.4. The number of amides is 4. The molecule has 4 rings (SSSR count). The van der Waals surface area contributed by atoms with Crippen molar-refractivity contribution in [2.75, 3.05) is 56.0 Å². The molecule has 2 aliphatic heterocycles. The molecule has 1 aromatic carbocycles. The summed E-state index contributed by atoms with van der Waals surface area (Å²) < 4.78 is 0. The van der Waals surface area contributed by atoms with E-state index in [0.29, 0.717) is 73.8 Å². The van der Waals surface area contributed by atoms with Crippen LogP contribution in [0.3, 0.4) is 0 Å². The molecule has 0 radical (unpaired) electrons. The maximum absolute atomic E-state index is 13.4. The Labute approximate surface area is 268 Å². The van der Waals surface area contributed by atoms with Crippen LogP contribution in [0.1, 0.15) is 54.9 Å². The topological polar surface area (TPSA) is 208 Å². The summed E-state index contributed by atoms with van der Waals surface area (Å²) in [5.41, 5.74) is 14.2. The maximum Gasteiger partial charge on any atom is 0.404 e. The Morgan fingerprint density at radius 1 is 1.07 bits per heavy atom. The standard InChI is InChI=1S/C32H43N9O5/c1-2-13-41(14-3-11-36-32(45)46)31(44)24-17-22-4-5-23(18-26(22)39-27(34)19-24)30(43)38-25-6-7-28(37-20-25)40-15-8-21(9-16-40)29(42)35-12-10-33/h4-7,17-18,20-21,36H,2-3,8-16,19,33H2,1H3,(H2,34,39)(H,35,42)(H,38,43)(H,45,46). The number of aromatic nitrogens is 1. The third kappa shape index (κ3) is 9.27. The molecule has 2 aliphatic rings. The van der Waals surface area contributed by atoms with Crippen molar-refractivity contribution in [3.8, 4) is 0 Å². The predicted octanol–water partition coefficient (Wildman–Crippen LogP) is 2.30. The molecule has 2 aromatic rings. The van der Waals surface area contributed by atoms with Gasteiger partial charge < -0.3 is 42.3 Å². The molecule has 1 aromatic heterocycles. The minimum absolute atomic E-state index is 0.0279. The summed E-state index contributed by atoms with van der Waals surface area (Å²) in [6, 6.07) is 8.68. The second-order valence-electron chi connectivity index (χ2n) is 11.3. The van der Waals surface area contributed by atoms with Gasteiger partial charge in [-0.1, -0.05) is 13.0 Å². The summed E-state index contributed by atoms with van der Waals surface area (Å²) in [6.07, 6.45) is 5.10. The molecule has 0 unspecified atom stereocenters. The van der Waals surface area contributed by atoms with Gasteiger partial charge >= 0.3 is 6.09 Å². The molecule has 3 heterocycles. The van der Waals surface area contributed by atoms with Gasteiger partial charge in [0.25, 0.3) is 5.91 Å². The fourth-order valence-electron chi connectivity index (χ4n) is 5.48. The molecule has 0 spiro atoms. The van der Waals surface area contributed by atoms with Gasteiger partial charge in [0.05, 0.1) is 17.6 Å². The number of piperidine rings is 1. The number of aliphatic imine (C=N–C) groups is 1. The Morgan fingerprint density at radius 3 is 2.52 bits per heavy atom. The zero-order valence-electron chi connectivity index (χ0n) is 26.1. The first-order valence-corrected chi connectivity index (χ1v) is 15.6. The first-order valence-electron chi connectivity index (χ1n) is 15.6. The Kier molecular flexibility index (Phi) is 12.1. The van der Waals surface area contributed by atoms with E-state index < -0.39 is 6.09 Å². The molecule has 14 heteroatoms. The molecule has 0 bridgehead atoms. The average Bonchev–Trinajstić information content (AvgIpc) is 3.22. The van der Waals surface area contributed by atoms with Gasteiger partial charge in [0, 0.05) is 74.9 Å². The number of nitrogens with two attached hydrogens (primary N) is 2. The van der Waals surface area contributed by atoms with Crippen LogP contribution in [0.2, 0.25) is 0 Å². The normalized spacial score (nSPS) is 14.7. The summed E-state index contributed by atoms with van der Waals surface area (Å²) in [4.78, 5) is 62.4. The number of fused-ring (bicyclic) bond motifs is 1. The number of benzene rings is 1. The number of nitrogens with one attached hydrogen (secondary N) is 3. The molecule has 1 saturated heterocycles. The van der Waals surface area contributed by atoms with Crippen molar-refractivity contribution in [1.82, 2.24) is 20.5 Å². The zero-order chi connectivity index (χ0) is 33.1. The van der Waals surface area contributed by atoms with Crippen LogP contribution in [-0.2, 0) is 9.59 Å². The van der Waals surface area contributed by atoms with E-state index in [-0.39, 0.29) is 42.4 Å². The smallest absolute Gasteiger partial charge is 0.404 e. The summed E-state index contributed by atoms with van der Waals surface area (Å²) in [7, 11) is 0. The second kappa shape index (κ2) is 16.4. The summed E-state index contributed by atoms with van der Waals surface area (Å²) in [5, 5.41) is 16.8. The van der Waals surface area contributed by atoms with Crippen molar-refractivity contribution in [1.29, 1.82) is 0 Å². The summed E-state index contributed by atoms with van der Waals surface area (Å²) in [5.74, 6) is 0.521. The van der Waals surface area contributed by atoms with Crippen molar-refractivity contribution in [2.45, 2.75) is 39.0 Å². The van der Waals surface area contributed by atoms with Crippen molar-refractivity contribution >= 4 is 52.9 Å². The molecule has 4 amide bonds. The lowest BCUT2D eigenvalue weighted by Gasteiger charge is -2.32. The zero-order valence-corrected chi connectivity index (χ0v) is 26.1. The molecular formula is C32H43N9O5. The van der Waals surface area contributed by atoms with Gasteiger partial charge in [0.2, 0.25) is 11.8 Å². The second-order valence-corrected chi connectivity index (χ2v) is 11.3. The SMILES string of the molecule is CCCN(CCCNC(=O)O)C(=O)C1=Cc2ccc(C(=O)Nc3ccc(N4CCC(C(=O)NCCN)CC4)nc3)cc2N=C(N)C1. The van der Waals surface area contributed by atoms with Gasteiger partial charge in [-0.3, -0.25) is 14.4 Å². The highest BCUT2D eigenvalue weighted by molar-refractivity contribution is 6.08. The van der Waals surface area contributed by atoms with E-state index in [1.807, 2.05) is 13.0 Å². The van der Waals surface area contributed by atoms with E-state index in [2.05, 4.69) is 30.8 Å². The fourth-order valence-corrected chi connectivity index (χ4v) is 5.48. The Hall–Kier alpha value is -4.98.